The maximum absolute atomic E-state index is 10.4. The predicted octanol–water partition coefficient (Wildman–Crippen LogP) is 3.55. The SMILES string of the molecule is O=C=Nc1cccc2oc3ccccc3c12. The van der Waals surface area contributed by atoms with Gasteiger partial charge in [0.25, 0.3) is 0 Å². The number of hydrogen-bond donors (Lipinski definition) is 0. The Hall–Kier alpha value is -2.38. The second kappa shape index (κ2) is 3.33. The molecule has 0 N–H and O–H groups in total. The minimum absolute atomic E-state index is 0.595. The quantitative estimate of drug-likeness (QED) is 0.454. The van der Waals surface area contributed by atoms with Gasteiger partial charge in [-0.2, -0.15) is 4.99 Å². The number of fused-ring (bicyclic) bond motifs is 3. The molecule has 1 heterocycles. The van der Waals surface area contributed by atoms with E-state index in [1.807, 2.05) is 30.3 Å². The maximum Gasteiger partial charge on any atom is 0.240 e. The van der Waals surface area contributed by atoms with Gasteiger partial charge in [0.1, 0.15) is 11.2 Å². The first-order chi connectivity index (χ1) is 7.90. The Kier molecular flexibility index (Phi) is 1.85. The van der Waals surface area contributed by atoms with Gasteiger partial charge in [-0.3, -0.25) is 0 Å². The zero-order chi connectivity index (χ0) is 11.0. The van der Waals surface area contributed by atoms with E-state index in [4.69, 9.17) is 4.42 Å². The van der Waals surface area contributed by atoms with Gasteiger partial charge >= 0.3 is 0 Å². The molecule has 3 heteroatoms. The first-order valence-corrected chi connectivity index (χ1v) is 4.88. The first kappa shape index (κ1) is 8.89. The molecule has 0 aliphatic carbocycles. The van der Waals surface area contributed by atoms with E-state index in [9.17, 15) is 4.79 Å². The van der Waals surface area contributed by atoms with E-state index >= 15 is 0 Å². The number of aliphatic imine (C=N–C) groups is 1. The molecular weight excluding hydrogens is 202 g/mol. The van der Waals surface area contributed by atoms with E-state index in [0.29, 0.717) is 5.69 Å². The summed E-state index contributed by atoms with van der Waals surface area (Å²) in [5.74, 6) is 0. The summed E-state index contributed by atoms with van der Waals surface area (Å²) in [5.41, 5.74) is 2.13. The highest BCUT2D eigenvalue weighted by Crippen LogP contribution is 2.34. The highest BCUT2D eigenvalue weighted by molar-refractivity contribution is 6.10. The number of nitrogens with zero attached hydrogens (tertiary/aromatic N) is 1. The Bertz CT molecular complexity index is 721. The van der Waals surface area contributed by atoms with Crippen LogP contribution in [0.1, 0.15) is 0 Å². The highest BCUT2D eigenvalue weighted by atomic mass is 16.3. The minimum Gasteiger partial charge on any atom is -0.456 e. The summed E-state index contributed by atoms with van der Waals surface area (Å²) in [5, 5.41) is 1.83. The van der Waals surface area contributed by atoms with Gasteiger partial charge in [-0.25, -0.2) is 4.79 Å². The van der Waals surface area contributed by atoms with E-state index in [1.165, 1.54) is 0 Å². The largest absolute Gasteiger partial charge is 0.456 e. The summed E-state index contributed by atoms with van der Waals surface area (Å²) in [4.78, 5) is 14.0. The van der Waals surface area contributed by atoms with Crippen molar-refractivity contribution in [2.24, 2.45) is 4.99 Å². The second-order valence-electron chi connectivity index (χ2n) is 3.45. The van der Waals surface area contributed by atoms with Gasteiger partial charge in [0.2, 0.25) is 6.08 Å². The summed E-state index contributed by atoms with van der Waals surface area (Å²) in [6.07, 6.45) is 1.56. The van der Waals surface area contributed by atoms with Gasteiger partial charge in [0.15, 0.2) is 0 Å². The predicted molar refractivity (Wildman–Crippen MR) is 61.5 cm³/mol. The number of furan rings is 1. The van der Waals surface area contributed by atoms with Crippen molar-refractivity contribution in [1.82, 2.24) is 0 Å². The maximum atomic E-state index is 10.4. The van der Waals surface area contributed by atoms with E-state index in [2.05, 4.69) is 4.99 Å². The molecule has 3 rings (SSSR count). The zero-order valence-electron chi connectivity index (χ0n) is 8.31. The van der Waals surface area contributed by atoms with Crippen LogP contribution in [0.15, 0.2) is 51.9 Å². The van der Waals surface area contributed by atoms with Crippen LogP contribution in [-0.2, 0) is 4.79 Å². The molecule has 3 aromatic rings. The highest BCUT2D eigenvalue weighted by Gasteiger charge is 2.09. The lowest BCUT2D eigenvalue weighted by Crippen LogP contribution is -1.68. The number of para-hydroxylation sites is 1. The first-order valence-electron chi connectivity index (χ1n) is 4.88. The van der Waals surface area contributed by atoms with Crippen molar-refractivity contribution in [3.63, 3.8) is 0 Å². The Labute approximate surface area is 91.0 Å². The van der Waals surface area contributed by atoms with Crippen LogP contribution in [0.4, 0.5) is 5.69 Å². The lowest BCUT2D eigenvalue weighted by atomic mass is 10.1. The standard InChI is InChI=1S/C13H7NO2/c15-8-14-10-5-3-7-12-13(10)9-4-1-2-6-11(9)16-12/h1-7H. The molecule has 0 bridgehead atoms. The van der Waals surface area contributed by atoms with Crippen molar-refractivity contribution in [2.45, 2.75) is 0 Å². The van der Waals surface area contributed by atoms with Crippen LogP contribution >= 0.6 is 0 Å². The van der Waals surface area contributed by atoms with Crippen molar-refractivity contribution in [1.29, 1.82) is 0 Å². The second-order valence-corrected chi connectivity index (χ2v) is 3.45. The topological polar surface area (TPSA) is 42.6 Å². The molecule has 76 valence electrons. The molecule has 0 radical (unpaired) electrons. The van der Waals surface area contributed by atoms with Crippen LogP contribution in [0.2, 0.25) is 0 Å². The molecule has 0 amide bonds. The van der Waals surface area contributed by atoms with Gasteiger partial charge in [0.05, 0.1) is 11.1 Å². The molecule has 3 nitrogen and oxygen atoms in total. The molecule has 0 aliphatic rings. The number of rotatable bonds is 1. The van der Waals surface area contributed by atoms with Crippen LogP contribution in [0, 0.1) is 0 Å². The van der Waals surface area contributed by atoms with Gasteiger partial charge in [0, 0.05) is 5.39 Å². The molecule has 0 saturated carbocycles. The minimum atomic E-state index is 0.595. The molecule has 0 saturated heterocycles. The van der Waals surface area contributed by atoms with Crippen molar-refractivity contribution < 1.29 is 9.21 Å². The monoisotopic (exact) mass is 209 g/mol. The van der Waals surface area contributed by atoms with Crippen molar-refractivity contribution >= 4 is 33.7 Å². The Morgan fingerprint density at radius 3 is 2.69 bits per heavy atom. The smallest absolute Gasteiger partial charge is 0.240 e. The van der Waals surface area contributed by atoms with E-state index in [0.717, 1.165) is 21.9 Å². The Morgan fingerprint density at radius 2 is 1.81 bits per heavy atom. The summed E-state index contributed by atoms with van der Waals surface area (Å²) < 4.78 is 5.65. The fourth-order valence-electron chi connectivity index (χ4n) is 1.90. The normalized spacial score (nSPS) is 10.5. The molecule has 0 spiro atoms. The van der Waals surface area contributed by atoms with Crippen molar-refractivity contribution in [2.75, 3.05) is 0 Å². The third kappa shape index (κ3) is 1.16. The molecular formula is C13H7NO2. The summed E-state index contributed by atoms with van der Waals surface area (Å²) in [6, 6.07) is 13.1. The summed E-state index contributed by atoms with van der Waals surface area (Å²) in [7, 11) is 0. The molecule has 0 aliphatic heterocycles. The van der Waals surface area contributed by atoms with Gasteiger partial charge in [-0.1, -0.05) is 24.3 Å². The van der Waals surface area contributed by atoms with E-state index in [-0.39, 0.29) is 0 Å². The van der Waals surface area contributed by atoms with Crippen LogP contribution in [-0.4, -0.2) is 6.08 Å². The molecule has 0 fully saturated rings. The zero-order valence-corrected chi connectivity index (χ0v) is 8.31. The van der Waals surface area contributed by atoms with Crippen LogP contribution in [0.5, 0.6) is 0 Å². The fraction of sp³-hybridized carbons (Fsp3) is 0. The molecule has 16 heavy (non-hydrogen) atoms. The number of hydrogen-bond acceptors (Lipinski definition) is 3. The van der Waals surface area contributed by atoms with Crippen LogP contribution < -0.4 is 0 Å². The van der Waals surface area contributed by atoms with Gasteiger partial charge in [-0.15, -0.1) is 0 Å². The Balaban J connectivity index is 2.57. The lowest BCUT2D eigenvalue weighted by molar-refractivity contribution is 0.565. The van der Waals surface area contributed by atoms with Crippen LogP contribution in [0.3, 0.4) is 0 Å². The molecule has 0 unspecified atom stereocenters. The summed E-state index contributed by atoms with van der Waals surface area (Å²) >= 11 is 0. The third-order valence-corrected chi connectivity index (χ3v) is 2.55. The van der Waals surface area contributed by atoms with Crippen LogP contribution in [0.25, 0.3) is 21.9 Å². The van der Waals surface area contributed by atoms with Gasteiger partial charge < -0.3 is 4.42 Å². The fourth-order valence-corrected chi connectivity index (χ4v) is 1.90. The molecule has 0 atom stereocenters. The Morgan fingerprint density at radius 1 is 1.00 bits per heavy atom. The van der Waals surface area contributed by atoms with Gasteiger partial charge in [-0.05, 0) is 18.2 Å². The lowest BCUT2D eigenvalue weighted by Gasteiger charge is -1.92. The third-order valence-electron chi connectivity index (χ3n) is 2.55. The number of isocyanates is 1. The van der Waals surface area contributed by atoms with Crippen molar-refractivity contribution in [3.8, 4) is 0 Å². The number of benzene rings is 2. The van der Waals surface area contributed by atoms with Crippen molar-refractivity contribution in [3.05, 3.63) is 42.5 Å². The van der Waals surface area contributed by atoms with E-state index < -0.39 is 0 Å². The number of carbonyl (C=O) groups excluding carboxylic acids is 1. The molecule has 1 aromatic heterocycles. The average molecular weight is 209 g/mol. The molecule has 2 aromatic carbocycles. The average Bonchev–Trinajstić information content (AvgIpc) is 2.68. The summed E-state index contributed by atoms with van der Waals surface area (Å²) in [6.45, 7) is 0. The van der Waals surface area contributed by atoms with E-state index in [1.54, 1.807) is 18.2 Å².